The van der Waals surface area contributed by atoms with Crippen LogP contribution in [0, 0.1) is 13.8 Å². The number of para-hydroxylation sites is 1. The highest BCUT2D eigenvalue weighted by Crippen LogP contribution is 2.28. The van der Waals surface area contributed by atoms with E-state index >= 15 is 0 Å². The molecular formula is C17H18N8O2S. The Labute approximate surface area is 164 Å². The standard InChI is InChI=1S/C17H18N8O2S/c1-10-8-11(2)25(22-10)16-20-21-17(24(16)18)28-9-14-19-15(23-27-14)12-6-4-5-7-13(12)26-3/h4-8H,9,18H2,1-3H3. The van der Waals surface area contributed by atoms with Gasteiger partial charge in [0.2, 0.25) is 16.9 Å². The summed E-state index contributed by atoms with van der Waals surface area (Å²) in [4.78, 5) is 4.42. The zero-order valence-electron chi connectivity index (χ0n) is 15.5. The zero-order chi connectivity index (χ0) is 19.7. The molecule has 10 nitrogen and oxygen atoms in total. The molecule has 0 aliphatic heterocycles. The van der Waals surface area contributed by atoms with E-state index in [0.29, 0.717) is 34.3 Å². The zero-order valence-corrected chi connectivity index (χ0v) is 16.3. The third kappa shape index (κ3) is 3.31. The fourth-order valence-corrected chi connectivity index (χ4v) is 3.41. The summed E-state index contributed by atoms with van der Waals surface area (Å²) in [5.74, 6) is 8.56. The quantitative estimate of drug-likeness (QED) is 0.384. The van der Waals surface area contributed by atoms with Gasteiger partial charge in [-0.15, -0.1) is 10.2 Å². The average Bonchev–Trinajstić information content (AvgIpc) is 3.39. The molecule has 0 fully saturated rings. The van der Waals surface area contributed by atoms with Crippen molar-refractivity contribution in [2.24, 2.45) is 0 Å². The van der Waals surface area contributed by atoms with Crippen LogP contribution in [0.4, 0.5) is 0 Å². The number of nitrogens with zero attached hydrogens (tertiary/aromatic N) is 7. The maximum atomic E-state index is 6.14. The lowest BCUT2D eigenvalue weighted by Crippen LogP contribution is -2.17. The van der Waals surface area contributed by atoms with Crippen molar-refractivity contribution in [2.75, 3.05) is 13.0 Å². The number of thioether (sulfide) groups is 1. The van der Waals surface area contributed by atoms with Gasteiger partial charge in [-0.2, -0.15) is 10.1 Å². The van der Waals surface area contributed by atoms with Crippen molar-refractivity contribution < 1.29 is 9.26 Å². The van der Waals surface area contributed by atoms with Crippen LogP contribution in [0.2, 0.25) is 0 Å². The summed E-state index contributed by atoms with van der Waals surface area (Å²) >= 11 is 1.34. The molecule has 11 heteroatoms. The molecule has 0 atom stereocenters. The molecule has 0 aliphatic rings. The van der Waals surface area contributed by atoms with E-state index in [4.69, 9.17) is 15.1 Å². The van der Waals surface area contributed by atoms with Gasteiger partial charge in [0.15, 0.2) is 0 Å². The smallest absolute Gasteiger partial charge is 0.271 e. The van der Waals surface area contributed by atoms with E-state index in [1.54, 1.807) is 11.8 Å². The monoisotopic (exact) mass is 398 g/mol. The fraction of sp³-hybridized carbons (Fsp3) is 0.235. The van der Waals surface area contributed by atoms with Gasteiger partial charge in [0.25, 0.3) is 5.95 Å². The predicted octanol–water partition coefficient (Wildman–Crippen LogP) is 2.15. The first-order valence-electron chi connectivity index (χ1n) is 8.39. The van der Waals surface area contributed by atoms with Crippen LogP contribution in [0.1, 0.15) is 17.3 Å². The van der Waals surface area contributed by atoms with Gasteiger partial charge in [0.05, 0.1) is 24.1 Å². The molecule has 3 aromatic heterocycles. The van der Waals surface area contributed by atoms with E-state index in [1.807, 2.05) is 44.2 Å². The topological polar surface area (TPSA) is 123 Å². The molecule has 144 valence electrons. The maximum absolute atomic E-state index is 6.14. The van der Waals surface area contributed by atoms with Gasteiger partial charge < -0.3 is 15.1 Å². The summed E-state index contributed by atoms with van der Waals surface area (Å²) in [7, 11) is 1.60. The predicted molar refractivity (Wildman–Crippen MR) is 103 cm³/mol. The lowest BCUT2D eigenvalue weighted by Gasteiger charge is -2.04. The number of benzene rings is 1. The molecule has 0 bridgehead atoms. The number of nitrogen functional groups attached to an aromatic ring is 1. The molecule has 0 unspecified atom stereocenters. The third-order valence-electron chi connectivity index (χ3n) is 3.99. The second-order valence-electron chi connectivity index (χ2n) is 5.99. The van der Waals surface area contributed by atoms with Gasteiger partial charge in [0, 0.05) is 5.69 Å². The van der Waals surface area contributed by atoms with Crippen molar-refractivity contribution in [1.82, 2.24) is 34.8 Å². The van der Waals surface area contributed by atoms with E-state index in [1.165, 1.54) is 16.4 Å². The van der Waals surface area contributed by atoms with Crippen molar-refractivity contribution in [3.63, 3.8) is 0 Å². The minimum atomic E-state index is 0.397. The van der Waals surface area contributed by atoms with Gasteiger partial charge >= 0.3 is 0 Å². The van der Waals surface area contributed by atoms with Gasteiger partial charge in [0.1, 0.15) is 5.75 Å². The van der Waals surface area contributed by atoms with Crippen LogP contribution in [0.3, 0.4) is 0 Å². The first kappa shape index (κ1) is 18.0. The highest BCUT2D eigenvalue weighted by molar-refractivity contribution is 7.98. The van der Waals surface area contributed by atoms with E-state index in [2.05, 4.69) is 25.4 Å². The van der Waals surface area contributed by atoms with Crippen molar-refractivity contribution in [3.8, 4) is 23.1 Å². The minimum absolute atomic E-state index is 0.397. The van der Waals surface area contributed by atoms with E-state index in [-0.39, 0.29) is 0 Å². The summed E-state index contributed by atoms with van der Waals surface area (Å²) < 4.78 is 13.7. The highest BCUT2D eigenvalue weighted by atomic mass is 32.2. The molecule has 0 aliphatic carbocycles. The summed E-state index contributed by atoms with van der Waals surface area (Å²) in [6.45, 7) is 3.84. The Bertz CT molecular complexity index is 1120. The highest BCUT2D eigenvalue weighted by Gasteiger charge is 2.17. The molecule has 0 saturated heterocycles. The minimum Gasteiger partial charge on any atom is -0.496 e. The number of aromatic nitrogens is 7. The molecule has 4 aromatic rings. The van der Waals surface area contributed by atoms with Crippen LogP contribution in [0.25, 0.3) is 17.3 Å². The first-order chi connectivity index (χ1) is 13.6. The van der Waals surface area contributed by atoms with Crippen molar-refractivity contribution in [1.29, 1.82) is 0 Å². The lowest BCUT2D eigenvalue weighted by atomic mass is 10.2. The fourth-order valence-electron chi connectivity index (χ4n) is 2.72. The summed E-state index contributed by atoms with van der Waals surface area (Å²) in [6.07, 6.45) is 0. The number of rotatable bonds is 6. The summed E-state index contributed by atoms with van der Waals surface area (Å²) in [5, 5.41) is 17.2. The molecule has 4 rings (SSSR count). The SMILES string of the molecule is COc1ccccc1-c1noc(CSc2nnc(-n3nc(C)cc3C)n2N)n1. The Morgan fingerprint density at radius 1 is 1.21 bits per heavy atom. The second-order valence-corrected chi connectivity index (χ2v) is 6.93. The first-order valence-corrected chi connectivity index (χ1v) is 9.38. The van der Waals surface area contributed by atoms with Gasteiger partial charge in [-0.05, 0) is 32.0 Å². The number of methoxy groups -OCH3 is 1. The molecule has 0 saturated carbocycles. The molecule has 28 heavy (non-hydrogen) atoms. The van der Waals surface area contributed by atoms with Crippen LogP contribution < -0.4 is 10.6 Å². The van der Waals surface area contributed by atoms with Crippen LogP contribution in [-0.4, -0.2) is 41.9 Å². The third-order valence-corrected chi connectivity index (χ3v) is 4.91. The largest absolute Gasteiger partial charge is 0.496 e. The average molecular weight is 398 g/mol. The summed E-state index contributed by atoms with van der Waals surface area (Å²) in [6, 6.07) is 9.43. The molecule has 0 spiro atoms. The van der Waals surface area contributed by atoms with E-state index < -0.39 is 0 Å². The van der Waals surface area contributed by atoms with E-state index in [9.17, 15) is 0 Å². The number of hydrogen-bond acceptors (Lipinski definition) is 9. The number of hydrogen-bond donors (Lipinski definition) is 1. The molecule has 1 aromatic carbocycles. The number of aryl methyl sites for hydroxylation is 2. The lowest BCUT2D eigenvalue weighted by molar-refractivity contribution is 0.390. The Balaban J connectivity index is 1.50. The van der Waals surface area contributed by atoms with Crippen LogP contribution in [0.15, 0.2) is 40.0 Å². The molecule has 0 amide bonds. The molecular weight excluding hydrogens is 380 g/mol. The second kappa shape index (κ2) is 7.35. The number of nitrogens with two attached hydrogens (primary N) is 1. The molecule has 0 radical (unpaired) electrons. The van der Waals surface area contributed by atoms with E-state index in [0.717, 1.165) is 17.0 Å². The van der Waals surface area contributed by atoms with Gasteiger partial charge in [-0.3, -0.25) is 0 Å². The van der Waals surface area contributed by atoms with Crippen LogP contribution >= 0.6 is 11.8 Å². The van der Waals surface area contributed by atoms with Gasteiger partial charge in [-0.25, -0.2) is 9.36 Å². The molecule has 2 N–H and O–H groups in total. The Hall–Kier alpha value is -3.34. The normalized spacial score (nSPS) is 11.1. The molecule has 3 heterocycles. The maximum Gasteiger partial charge on any atom is 0.271 e. The Morgan fingerprint density at radius 2 is 2.04 bits per heavy atom. The van der Waals surface area contributed by atoms with Crippen molar-refractivity contribution >= 4 is 11.8 Å². The summed E-state index contributed by atoms with van der Waals surface area (Å²) in [5.41, 5.74) is 2.56. The van der Waals surface area contributed by atoms with Crippen molar-refractivity contribution in [3.05, 3.63) is 47.6 Å². The Morgan fingerprint density at radius 3 is 2.79 bits per heavy atom. The van der Waals surface area contributed by atoms with Crippen LogP contribution in [0.5, 0.6) is 5.75 Å². The van der Waals surface area contributed by atoms with Crippen LogP contribution in [-0.2, 0) is 5.75 Å². The number of ether oxygens (including phenoxy) is 1. The van der Waals surface area contributed by atoms with Crippen molar-refractivity contribution in [2.45, 2.75) is 24.8 Å². The Kier molecular flexibility index (Phi) is 4.74. The van der Waals surface area contributed by atoms with Gasteiger partial charge in [-0.1, -0.05) is 29.1 Å².